The first-order valence-electron chi connectivity index (χ1n) is 12.1. The Balaban J connectivity index is 1.96. The molecule has 0 bridgehead atoms. The summed E-state index contributed by atoms with van der Waals surface area (Å²) in [7, 11) is 0. The molecule has 0 fully saturated rings. The van der Waals surface area contributed by atoms with Gasteiger partial charge in [0.1, 0.15) is 24.1 Å². The SMILES string of the molecule is C=CCOc1ccccc1/C=c1/sc2n(c1=O)[C@@H](c1ccccc1OC(C)C)C(C(=O)OCC)=C(C)N=2. The van der Waals surface area contributed by atoms with E-state index in [9.17, 15) is 9.59 Å². The predicted octanol–water partition coefficient (Wildman–Crippen LogP) is 4.15. The number of rotatable bonds is 9. The van der Waals surface area contributed by atoms with Crippen molar-refractivity contribution < 1.29 is 19.0 Å². The number of benzene rings is 2. The van der Waals surface area contributed by atoms with Crippen molar-refractivity contribution in [2.45, 2.75) is 39.8 Å². The smallest absolute Gasteiger partial charge is 0.338 e. The Bertz CT molecular complexity index is 1530. The number of esters is 1. The number of carbonyl (C=O) groups is 1. The number of nitrogens with zero attached hydrogens (tertiary/aromatic N) is 2. The number of ether oxygens (including phenoxy) is 3. The molecule has 0 radical (unpaired) electrons. The molecule has 0 spiro atoms. The van der Waals surface area contributed by atoms with Gasteiger partial charge < -0.3 is 14.2 Å². The maximum atomic E-state index is 13.9. The number of fused-ring (bicyclic) bond motifs is 1. The number of allylic oxidation sites excluding steroid dienone is 1. The van der Waals surface area contributed by atoms with Crippen LogP contribution in [0.1, 0.15) is 44.9 Å². The number of thiazole rings is 1. The van der Waals surface area contributed by atoms with E-state index in [1.807, 2.05) is 62.4 Å². The van der Waals surface area contributed by atoms with E-state index >= 15 is 0 Å². The van der Waals surface area contributed by atoms with Crippen molar-refractivity contribution in [3.8, 4) is 11.5 Å². The topological polar surface area (TPSA) is 79.1 Å². The average molecular weight is 519 g/mol. The molecule has 0 saturated carbocycles. The minimum absolute atomic E-state index is 0.0971. The van der Waals surface area contributed by atoms with Crippen LogP contribution in [-0.2, 0) is 9.53 Å². The Morgan fingerprint density at radius 1 is 1.16 bits per heavy atom. The molecule has 37 heavy (non-hydrogen) atoms. The first-order chi connectivity index (χ1) is 17.8. The molecule has 2 aromatic carbocycles. The standard InChI is InChI=1S/C29H30N2O5S/c1-6-16-35-22-14-10-8-12-20(22)17-24-27(32)31-26(21-13-9-11-15-23(21)36-18(3)4)25(28(33)34-7-2)19(5)30-29(31)37-24/h6,8-15,17-18,26H,1,7,16H2,2-5H3/b24-17+/t26-/m0/s1. The van der Waals surface area contributed by atoms with Crippen LogP contribution in [-0.4, -0.2) is 29.9 Å². The highest BCUT2D eigenvalue weighted by Gasteiger charge is 2.35. The number of hydrogen-bond donors (Lipinski definition) is 0. The predicted molar refractivity (Wildman–Crippen MR) is 145 cm³/mol. The second-order valence-electron chi connectivity index (χ2n) is 8.64. The molecule has 192 valence electrons. The van der Waals surface area contributed by atoms with Crippen LogP contribution in [0.5, 0.6) is 11.5 Å². The lowest BCUT2D eigenvalue weighted by Gasteiger charge is -2.26. The zero-order valence-electron chi connectivity index (χ0n) is 21.4. The third kappa shape index (κ3) is 5.44. The van der Waals surface area contributed by atoms with Crippen LogP contribution in [0.3, 0.4) is 0 Å². The van der Waals surface area contributed by atoms with Crippen LogP contribution in [0, 0.1) is 0 Å². The van der Waals surface area contributed by atoms with Gasteiger partial charge >= 0.3 is 5.97 Å². The van der Waals surface area contributed by atoms with Gasteiger partial charge in [0, 0.05) is 11.1 Å². The van der Waals surface area contributed by atoms with E-state index in [2.05, 4.69) is 11.6 Å². The normalized spacial score (nSPS) is 15.3. The first-order valence-corrected chi connectivity index (χ1v) is 12.9. The van der Waals surface area contributed by atoms with Gasteiger partial charge in [-0.1, -0.05) is 60.4 Å². The lowest BCUT2D eigenvalue weighted by molar-refractivity contribution is -0.139. The van der Waals surface area contributed by atoms with E-state index in [1.165, 1.54) is 11.3 Å². The quantitative estimate of drug-likeness (QED) is 0.314. The summed E-state index contributed by atoms with van der Waals surface area (Å²) < 4.78 is 19.3. The molecular formula is C29H30N2O5S. The fourth-order valence-electron chi connectivity index (χ4n) is 4.17. The summed E-state index contributed by atoms with van der Waals surface area (Å²) in [6, 6.07) is 14.2. The number of hydrogen-bond acceptors (Lipinski definition) is 7. The highest BCUT2D eigenvalue weighted by molar-refractivity contribution is 7.07. The zero-order chi connectivity index (χ0) is 26.5. The summed E-state index contributed by atoms with van der Waals surface area (Å²) in [5, 5.41) is 0. The van der Waals surface area contributed by atoms with E-state index in [4.69, 9.17) is 14.2 Å². The minimum Gasteiger partial charge on any atom is -0.491 e. The maximum Gasteiger partial charge on any atom is 0.338 e. The van der Waals surface area contributed by atoms with E-state index in [1.54, 1.807) is 30.6 Å². The fourth-order valence-corrected chi connectivity index (χ4v) is 5.21. The molecular weight excluding hydrogens is 488 g/mol. The van der Waals surface area contributed by atoms with Gasteiger partial charge in [-0.25, -0.2) is 9.79 Å². The van der Waals surface area contributed by atoms with Crippen LogP contribution >= 0.6 is 11.3 Å². The van der Waals surface area contributed by atoms with Gasteiger partial charge in [0.25, 0.3) is 5.56 Å². The molecule has 8 heteroatoms. The van der Waals surface area contributed by atoms with Gasteiger partial charge in [0.2, 0.25) is 0 Å². The molecule has 7 nitrogen and oxygen atoms in total. The molecule has 1 aliphatic rings. The monoisotopic (exact) mass is 518 g/mol. The van der Waals surface area contributed by atoms with Crippen LogP contribution < -0.4 is 24.4 Å². The van der Waals surface area contributed by atoms with E-state index < -0.39 is 12.0 Å². The zero-order valence-corrected chi connectivity index (χ0v) is 22.2. The van der Waals surface area contributed by atoms with Crippen LogP contribution in [0.2, 0.25) is 0 Å². The molecule has 0 aliphatic carbocycles. The van der Waals surface area contributed by atoms with Crippen LogP contribution in [0.15, 0.2) is 82.2 Å². The summed E-state index contributed by atoms with van der Waals surface area (Å²) in [6.45, 7) is 11.6. The largest absolute Gasteiger partial charge is 0.491 e. The summed E-state index contributed by atoms with van der Waals surface area (Å²) in [5.41, 5.74) is 2.01. The molecule has 0 amide bonds. The maximum absolute atomic E-state index is 13.9. The van der Waals surface area contributed by atoms with Crippen molar-refractivity contribution in [1.29, 1.82) is 0 Å². The number of aromatic nitrogens is 1. The van der Waals surface area contributed by atoms with Crippen molar-refractivity contribution in [1.82, 2.24) is 4.57 Å². The van der Waals surface area contributed by atoms with E-state index in [0.29, 0.717) is 44.3 Å². The summed E-state index contributed by atoms with van der Waals surface area (Å²) in [6.07, 6.45) is 3.36. The molecule has 3 aromatic rings. The van der Waals surface area contributed by atoms with E-state index in [0.717, 1.165) is 5.56 Å². The van der Waals surface area contributed by atoms with Gasteiger partial charge in [-0.05, 0) is 45.9 Å². The number of carbonyl (C=O) groups excluding carboxylic acids is 1. The van der Waals surface area contributed by atoms with Gasteiger partial charge in [-0.15, -0.1) is 0 Å². The van der Waals surface area contributed by atoms with Crippen LogP contribution in [0.25, 0.3) is 6.08 Å². The van der Waals surface area contributed by atoms with Crippen molar-refractivity contribution in [2.24, 2.45) is 4.99 Å². The first kappa shape index (κ1) is 26.2. The summed E-state index contributed by atoms with van der Waals surface area (Å²) in [5.74, 6) is 0.728. The Kier molecular flexibility index (Phi) is 8.08. The molecule has 1 aromatic heterocycles. The Morgan fingerprint density at radius 3 is 2.57 bits per heavy atom. The highest BCUT2D eigenvalue weighted by atomic mass is 32.1. The van der Waals surface area contributed by atoms with Crippen LogP contribution in [0.4, 0.5) is 0 Å². The summed E-state index contributed by atoms with van der Waals surface area (Å²) in [4.78, 5) is 32.2. The number of para-hydroxylation sites is 2. The van der Waals surface area contributed by atoms with Gasteiger partial charge in [0.05, 0.1) is 28.5 Å². The van der Waals surface area contributed by atoms with Gasteiger partial charge in [-0.2, -0.15) is 0 Å². The van der Waals surface area contributed by atoms with Crippen molar-refractivity contribution >= 4 is 23.4 Å². The second-order valence-corrected chi connectivity index (χ2v) is 9.65. The Morgan fingerprint density at radius 2 is 1.86 bits per heavy atom. The average Bonchev–Trinajstić information content (AvgIpc) is 3.17. The highest BCUT2D eigenvalue weighted by Crippen LogP contribution is 2.36. The summed E-state index contributed by atoms with van der Waals surface area (Å²) >= 11 is 1.26. The molecule has 1 atom stereocenters. The Labute approximate surface area is 219 Å². The van der Waals surface area contributed by atoms with Crippen molar-refractivity contribution in [2.75, 3.05) is 13.2 Å². The minimum atomic E-state index is -0.750. The molecule has 0 N–H and O–H groups in total. The van der Waals surface area contributed by atoms with Crippen molar-refractivity contribution in [3.63, 3.8) is 0 Å². The molecule has 2 heterocycles. The third-order valence-electron chi connectivity index (χ3n) is 5.66. The lowest BCUT2D eigenvalue weighted by atomic mass is 9.95. The van der Waals surface area contributed by atoms with Crippen molar-refractivity contribution in [3.05, 3.63) is 103 Å². The molecule has 0 saturated heterocycles. The molecule has 1 aliphatic heterocycles. The Hall–Kier alpha value is -3.91. The third-order valence-corrected chi connectivity index (χ3v) is 6.64. The fraction of sp³-hybridized carbons (Fsp3) is 0.276. The molecule has 4 rings (SSSR count). The van der Waals surface area contributed by atoms with Gasteiger partial charge in [0.15, 0.2) is 4.80 Å². The lowest BCUT2D eigenvalue weighted by Crippen LogP contribution is -2.40. The van der Waals surface area contributed by atoms with Gasteiger partial charge in [-0.3, -0.25) is 9.36 Å². The van der Waals surface area contributed by atoms with E-state index in [-0.39, 0.29) is 18.3 Å². The second kappa shape index (κ2) is 11.4. The molecule has 0 unspecified atom stereocenters.